The minimum Gasteiger partial charge on any atom is -0.388 e. The average Bonchev–Trinajstić information content (AvgIpc) is 2.51. The molecule has 4 heteroatoms. The van der Waals surface area contributed by atoms with E-state index in [0.29, 0.717) is 16.8 Å². The number of amides is 1. The van der Waals surface area contributed by atoms with Crippen LogP contribution in [0.1, 0.15) is 50.2 Å². The van der Waals surface area contributed by atoms with E-state index in [0.717, 1.165) is 37.9 Å². The van der Waals surface area contributed by atoms with E-state index in [4.69, 9.17) is 11.6 Å². The molecule has 0 bridgehead atoms. The van der Waals surface area contributed by atoms with Crippen molar-refractivity contribution in [2.45, 2.75) is 44.6 Å². The Labute approximate surface area is 137 Å². The minimum atomic E-state index is -0.457. The lowest BCUT2D eigenvalue weighted by atomic mass is 9.82. The highest BCUT2D eigenvalue weighted by molar-refractivity contribution is 6.30. The van der Waals surface area contributed by atoms with Crippen molar-refractivity contribution in [2.75, 3.05) is 13.1 Å². The summed E-state index contributed by atoms with van der Waals surface area (Å²) in [6.07, 6.45) is 5.74. The lowest BCUT2D eigenvalue weighted by Gasteiger charge is -2.36. The average molecular weight is 322 g/mol. The molecule has 3 rings (SSSR count). The fourth-order valence-electron chi connectivity index (χ4n) is 3.47. The summed E-state index contributed by atoms with van der Waals surface area (Å²) in [5.74, 6) is 1.17. The van der Waals surface area contributed by atoms with Crippen molar-refractivity contribution in [1.29, 1.82) is 0 Å². The number of halogens is 1. The van der Waals surface area contributed by atoms with Gasteiger partial charge in [0.25, 0.3) is 0 Å². The SMILES string of the molecule is O=C(CC1CCC1)N1CCC(C(O)c2ccc(Cl)cc2)CC1. The lowest BCUT2D eigenvalue weighted by molar-refractivity contribution is -0.134. The first-order chi connectivity index (χ1) is 10.6. The van der Waals surface area contributed by atoms with Crippen LogP contribution in [-0.2, 0) is 4.79 Å². The number of carbonyl (C=O) groups excluding carboxylic acids is 1. The summed E-state index contributed by atoms with van der Waals surface area (Å²) in [6.45, 7) is 1.56. The maximum atomic E-state index is 12.2. The molecular formula is C18H24ClNO2. The highest BCUT2D eigenvalue weighted by Gasteiger charge is 2.30. The van der Waals surface area contributed by atoms with Crippen LogP contribution in [0.5, 0.6) is 0 Å². The van der Waals surface area contributed by atoms with Gasteiger partial charge in [-0.2, -0.15) is 0 Å². The van der Waals surface area contributed by atoms with Gasteiger partial charge in [0, 0.05) is 24.5 Å². The van der Waals surface area contributed by atoms with E-state index in [1.807, 2.05) is 29.2 Å². The van der Waals surface area contributed by atoms with E-state index >= 15 is 0 Å². The molecule has 22 heavy (non-hydrogen) atoms. The summed E-state index contributed by atoms with van der Waals surface area (Å²) < 4.78 is 0. The first kappa shape index (κ1) is 15.8. The number of nitrogens with zero attached hydrogens (tertiary/aromatic N) is 1. The second kappa shape index (κ2) is 7.01. The predicted octanol–water partition coefficient (Wildman–Crippen LogP) is 3.80. The Bertz CT molecular complexity index is 504. The Kier molecular flexibility index (Phi) is 5.04. The summed E-state index contributed by atoms with van der Waals surface area (Å²) >= 11 is 5.89. The summed E-state index contributed by atoms with van der Waals surface area (Å²) in [7, 11) is 0. The maximum Gasteiger partial charge on any atom is 0.222 e. The van der Waals surface area contributed by atoms with Crippen molar-refractivity contribution in [3.8, 4) is 0 Å². The van der Waals surface area contributed by atoms with Crippen molar-refractivity contribution in [2.24, 2.45) is 11.8 Å². The fraction of sp³-hybridized carbons (Fsp3) is 0.611. The molecule has 1 saturated carbocycles. The number of piperidine rings is 1. The molecule has 0 spiro atoms. The van der Waals surface area contributed by atoms with E-state index in [-0.39, 0.29) is 5.92 Å². The zero-order chi connectivity index (χ0) is 15.5. The smallest absolute Gasteiger partial charge is 0.222 e. The van der Waals surface area contributed by atoms with Crippen molar-refractivity contribution in [1.82, 2.24) is 4.90 Å². The fourth-order valence-corrected chi connectivity index (χ4v) is 3.60. The molecule has 1 atom stereocenters. The first-order valence-corrected chi connectivity index (χ1v) is 8.72. The topological polar surface area (TPSA) is 40.5 Å². The highest BCUT2D eigenvalue weighted by Crippen LogP contribution is 2.33. The normalized spacial score (nSPS) is 21.5. The number of likely N-dealkylation sites (tertiary alicyclic amines) is 1. The molecular weight excluding hydrogens is 298 g/mol. The minimum absolute atomic E-state index is 0.230. The molecule has 1 aliphatic carbocycles. The van der Waals surface area contributed by atoms with Crippen LogP contribution in [0.25, 0.3) is 0 Å². The van der Waals surface area contributed by atoms with Crippen LogP contribution in [0.3, 0.4) is 0 Å². The van der Waals surface area contributed by atoms with Crippen LogP contribution in [0.2, 0.25) is 5.02 Å². The quantitative estimate of drug-likeness (QED) is 0.916. The standard InChI is InChI=1S/C18H24ClNO2/c19-16-6-4-14(5-7-16)18(22)15-8-10-20(11-9-15)17(21)12-13-2-1-3-13/h4-7,13,15,18,22H,1-3,8-12H2. The van der Waals surface area contributed by atoms with Crippen LogP contribution in [0, 0.1) is 11.8 Å². The Morgan fingerprint density at radius 3 is 2.36 bits per heavy atom. The number of carbonyl (C=O) groups is 1. The van der Waals surface area contributed by atoms with E-state index < -0.39 is 6.10 Å². The summed E-state index contributed by atoms with van der Waals surface area (Å²) in [5, 5.41) is 11.2. The molecule has 2 aliphatic rings. The first-order valence-electron chi connectivity index (χ1n) is 8.35. The van der Waals surface area contributed by atoms with Gasteiger partial charge in [0.2, 0.25) is 5.91 Å². The number of aliphatic hydroxyl groups is 1. The molecule has 1 saturated heterocycles. The largest absolute Gasteiger partial charge is 0.388 e. The van der Waals surface area contributed by atoms with E-state index in [1.165, 1.54) is 19.3 Å². The molecule has 120 valence electrons. The third-order valence-corrected chi connectivity index (χ3v) is 5.49. The maximum absolute atomic E-state index is 12.2. The molecule has 1 aliphatic heterocycles. The molecule has 0 radical (unpaired) electrons. The Hall–Kier alpha value is -1.06. The van der Waals surface area contributed by atoms with Crippen LogP contribution in [-0.4, -0.2) is 29.0 Å². The Morgan fingerprint density at radius 1 is 1.18 bits per heavy atom. The number of benzene rings is 1. The van der Waals surface area contributed by atoms with Gasteiger partial charge in [0.1, 0.15) is 0 Å². The molecule has 1 unspecified atom stereocenters. The molecule has 1 aromatic rings. The summed E-state index contributed by atoms with van der Waals surface area (Å²) in [5.41, 5.74) is 0.920. The molecule has 0 aromatic heterocycles. The number of hydrogen-bond acceptors (Lipinski definition) is 2. The Balaban J connectivity index is 1.50. The van der Waals surface area contributed by atoms with Crippen LogP contribution < -0.4 is 0 Å². The monoisotopic (exact) mass is 321 g/mol. The van der Waals surface area contributed by atoms with Crippen molar-refractivity contribution in [3.05, 3.63) is 34.9 Å². The second-order valence-corrected chi connectivity index (χ2v) is 7.15. The summed E-state index contributed by atoms with van der Waals surface area (Å²) in [6, 6.07) is 7.41. The molecule has 1 N–H and O–H groups in total. The third kappa shape index (κ3) is 3.64. The van der Waals surface area contributed by atoms with Gasteiger partial charge in [-0.05, 0) is 55.2 Å². The van der Waals surface area contributed by atoms with Gasteiger partial charge in [-0.3, -0.25) is 4.79 Å². The van der Waals surface area contributed by atoms with Gasteiger partial charge >= 0.3 is 0 Å². The van der Waals surface area contributed by atoms with Crippen molar-refractivity contribution >= 4 is 17.5 Å². The van der Waals surface area contributed by atoms with Crippen molar-refractivity contribution < 1.29 is 9.90 Å². The van der Waals surface area contributed by atoms with Gasteiger partial charge in [0.15, 0.2) is 0 Å². The van der Waals surface area contributed by atoms with Gasteiger partial charge in [0.05, 0.1) is 6.10 Å². The second-order valence-electron chi connectivity index (χ2n) is 6.72. The van der Waals surface area contributed by atoms with Crippen LogP contribution >= 0.6 is 11.6 Å². The van der Waals surface area contributed by atoms with E-state index in [2.05, 4.69) is 0 Å². The molecule has 3 nitrogen and oxygen atoms in total. The lowest BCUT2D eigenvalue weighted by Crippen LogP contribution is -2.40. The molecule has 1 heterocycles. The van der Waals surface area contributed by atoms with Gasteiger partial charge in [-0.1, -0.05) is 30.2 Å². The zero-order valence-electron chi connectivity index (χ0n) is 12.9. The van der Waals surface area contributed by atoms with Crippen LogP contribution in [0.4, 0.5) is 0 Å². The predicted molar refractivity (Wildman–Crippen MR) is 87.7 cm³/mol. The van der Waals surface area contributed by atoms with E-state index in [9.17, 15) is 9.90 Å². The van der Waals surface area contributed by atoms with E-state index in [1.54, 1.807) is 0 Å². The van der Waals surface area contributed by atoms with Gasteiger partial charge in [-0.25, -0.2) is 0 Å². The third-order valence-electron chi connectivity index (χ3n) is 5.24. The van der Waals surface area contributed by atoms with Gasteiger partial charge < -0.3 is 10.0 Å². The molecule has 1 amide bonds. The number of rotatable bonds is 4. The molecule has 2 fully saturated rings. The number of aliphatic hydroxyl groups excluding tert-OH is 1. The Morgan fingerprint density at radius 2 is 1.82 bits per heavy atom. The molecule has 1 aromatic carbocycles. The zero-order valence-corrected chi connectivity index (χ0v) is 13.6. The number of hydrogen-bond donors (Lipinski definition) is 1. The highest BCUT2D eigenvalue weighted by atomic mass is 35.5. The van der Waals surface area contributed by atoms with Gasteiger partial charge in [-0.15, -0.1) is 0 Å². The van der Waals surface area contributed by atoms with Crippen molar-refractivity contribution in [3.63, 3.8) is 0 Å². The van der Waals surface area contributed by atoms with Crippen LogP contribution in [0.15, 0.2) is 24.3 Å². The summed E-state index contributed by atoms with van der Waals surface area (Å²) in [4.78, 5) is 14.2.